The minimum absolute atomic E-state index is 0.189. The van der Waals surface area contributed by atoms with Gasteiger partial charge in [0, 0.05) is 6.04 Å². The summed E-state index contributed by atoms with van der Waals surface area (Å²) >= 11 is 6.08. The molecule has 1 unspecified atom stereocenters. The molecule has 0 aliphatic rings. The van der Waals surface area contributed by atoms with Crippen LogP contribution in [0.3, 0.4) is 0 Å². The molecule has 0 heterocycles. The van der Waals surface area contributed by atoms with Crippen LogP contribution in [0.25, 0.3) is 0 Å². The van der Waals surface area contributed by atoms with Gasteiger partial charge in [-0.2, -0.15) is 0 Å². The molecule has 0 amide bonds. The maximum atomic E-state index is 6.08. The van der Waals surface area contributed by atoms with Gasteiger partial charge in [-0.05, 0) is 36.1 Å². The quantitative estimate of drug-likeness (QED) is 0.825. The van der Waals surface area contributed by atoms with Crippen molar-refractivity contribution in [3.05, 3.63) is 28.8 Å². The van der Waals surface area contributed by atoms with E-state index in [1.165, 1.54) is 5.56 Å². The molecule has 0 fully saturated rings. The fourth-order valence-electron chi connectivity index (χ4n) is 2.11. The Morgan fingerprint density at radius 1 is 1.33 bits per heavy atom. The molecule has 0 spiro atoms. The SMILES string of the molecule is CCNC(c1ccc(Cl)c(OC)c1)C(C)(C)CC. The molecule has 18 heavy (non-hydrogen) atoms. The van der Waals surface area contributed by atoms with Crippen molar-refractivity contribution in [2.45, 2.75) is 40.2 Å². The van der Waals surface area contributed by atoms with Crippen molar-refractivity contribution in [1.29, 1.82) is 0 Å². The normalized spacial score (nSPS) is 13.4. The highest BCUT2D eigenvalue weighted by atomic mass is 35.5. The Kier molecular flexibility index (Phi) is 5.48. The molecule has 1 aromatic rings. The summed E-state index contributed by atoms with van der Waals surface area (Å²) in [5.74, 6) is 0.740. The number of hydrogen-bond donors (Lipinski definition) is 1. The van der Waals surface area contributed by atoms with E-state index >= 15 is 0 Å². The van der Waals surface area contributed by atoms with E-state index in [2.05, 4.69) is 39.1 Å². The smallest absolute Gasteiger partial charge is 0.137 e. The van der Waals surface area contributed by atoms with E-state index < -0.39 is 0 Å². The predicted molar refractivity (Wildman–Crippen MR) is 78.5 cm³/mol. The van der Waals surface area contributed by atoms with Gasteiger partial charge in [0.15, 0.2) is 0 Å². The molecular formula is C15H24ClNO. The van der Waals surface area contributed by atoms with Crippen molar-refractivity contribution in [1.82, 2.24) is 5.32 Å². The maximum absolute atomic E-state index is 6.08. The van der Waals surface area contributed by atoms with Crippen LogP contribution < -0.4 is 10.1 Å². The fraction of sp³-hybridized carbons (Fsp3) is 0.600. The second kappa shape index (κ2) is 6.44. The van der Waals surface area contributed by atoms with E-state index in [-0.39, 0.29) is 5.41 Å². The van der Waals surface area contributed by atoms with Crippen LogP contribution in [0.4, 0.5) is 0 Å². The summed E-state index contributed by atoms with van der Waals surface area (Å²) in [6.07, 6.45) is 1.11. The number of benzene rings is 1. The van der Waals surface area contributed by atoms with Crippen molar-refractivity contribution < 1.29 is 4.74 Å². The van der Waals surface area contributed by atoms with Crippen molar-refractivity contribution in [2.75, 3.05) is 13.7 Å². The van der Waals surface area contributed by atoms with Gasteiger partial charge in [-0.25, -0.2) is 0 Å². The zero-order chi connectivity index (χ0) is 13.8. The van der Waals surface area contributed by atoms with Gasteiger partial charge in [-0.1, -0.05) is 45.4 Å². The summed E-state index contributed by atoms with van der Waals surface area (Å²) in [5.41, 5.74) is 1.42. The van der Waals surface area contributed by atoms with Crippen LogP contribution in [-0.2, 0) is 0 Å². The fourth-order valence-corrected chi connectivity index (χ4v) is 2.30. The standard InChI is InChI=1S/C15H24ClNO/c1-6-15(3,4)14(17-7-2)11-8-9-12(16)13(10-11)18-5/h8-10,14,17H,6-7H2,1-5H3. The van der Waals surface area contributed by atoms with Gasteiger partial charge in [0.2, 0.25) is 0 Å². The van der Waals surface area contributed by atoms with E-state index in [1.807, 2.05) is 12.1 Å². The summed E-state index contributed by atoms with van der Waals surface area (Å²) < 4.78 is 5.30. The number of nitrogens with one attached hydrogen (secondary N) is 1. The molecule has 1 N–H and O–H groups in total. The molecule has 102 valence electrons. The molecule has 2 nitrogen and oxygen atoms in total. The molecule has 0 saturated heterocycles. The van der Waals surface area contributed by atoms with Gasteiger partial charge in [-0.15, -0.1) is 0 Å². The highest BCUT2D eigenvalue weighted by molar-refractivity contribution is 6.32. The highest BCUT2D eigenvalue weighted by Crippen LogP contribution is 2.38. The third-order valence-corrected chi connectivity index (χ3v) is 3.92. The molecule has 1 aromatic carbocycles. The van der Waals surface area contributed by atoms with Gasteiger partial charge in [0.25, 0.3) is 0 Å². The van der Waals surface area contributed by atoms with Crippen LogP contribution in [0, 0.1) is 5.41 Å². The molecule has 3 heteroatoms. The Hall–Kier alpha value is -0.730. The lowest BCUT2D eigenvalue weighted by atomic mass is 9.78. The minimum atomic E-state index is 0.189. The van der Waals surface area contributed by atoms with E-state index in [9.17, 15) is 0 Å². The maximum Gasteiger partial charge on any atom is 0.137 e. The van der Waals surface area contributed by atoms with Gasteiger partial charge in [0.05, 0.1) is 12.1 Å². The Morgan fingerprint density at radius 2 is 2.00 bits per heavy atom. The molecule has 0 aliphatic carbocycles. The number of rotatable bonds is 6. The van der Waals surface area contributed by atoms with Crippen LogP contribution in [0.15, 0.2) is 18.2 Å². The lowest BCUT2D eigenvalue weighted by Gasteiger charge is -2.34. The molecule has 0 bridgehead atoms. The first kappa shape index (κ1) is 15.3. The van der Waals surface area contributed by atoms with Crippen LogP contribution >= 0.6 is 11.6 Å². The highest BCUT2D eigenvalue weighted by Gasteiger charge is 2.28. The summed E-state index contributed by atoms with van der Waals surface area (Å²) in [6, 6.07) is 6.33. The van der Waals surface area contributed by atoms with E-state index in [0.717, 1.165) is 18.7 Å². The van der Waals surface area contributed by atoms with Crippen molar-refractivity contribution in [3.8, 4) is 5.75 Å². The Balaban J connectivity index is 3.13. The Labute approximate surface area is 116 Å². The average Bonchev–Trinajstić information content (AvgIpc) is 2.36. The molecular weight excluding hydrogens is 246 g/mol. The van der Waals surface area contributed by atoms with Crippen LogP contribution in [0.2, 0.25) is 5.02 Å². The summed E-state index contributed by atoms with van der Waals surface area (Å²) in [6.45, 7) is 9.85. The topological polar surface area (TPSA) is 21.3 Å². The molecule has 0 aliphatic heterocycles. The van der Waals surface area contributed by atoms with Crippen molar-refractivity contribution in [3.63, 3.8) is 0 Å². The monoisotopic (exact) mass is 269 g/mol. The van der Waals surface area contributed by atoms with Crippen LogP contribution in [0.5, 0.6) is 5.75 Å². The Bertz CT molecular complexity index is 390. The summed E-state index contributed by atoms with van der Waals surface area (Å²) in [7, 11) is 1.65. The van der Waals surface area contributed by atoms with Crippen LogP contribution in [-0.4, -0.2) is 13.7 Å². The molecule has 1 atom stereocenters. The minimum Gasteiger partial charge on any atom is -0.495 e. The van der Waals surface area contributed by atoms with E-state index in [1.54, 1.807) is 7.11 Å². The first-order chi connectivity index (χ1) is 8.46. The largest absolute Gasteiger partial charge is 0.495 e. The first-order valence-electron chi connectivity index (χ1n) is 6.53. The third kappa shape index (κ3) is 3.39. The van der Waals surface area contributed by atoms with Gasteiger partial charge < -0.3 is 10.1 Å². The number of ether oxygens (including phenoxy) is 1. The van der Waals surface area contributed by atoms with Gasteiger partial charge >= 0.3 is 0 Å². The molecule has 0 aromatic heterocycles. The molecule has 0 radical (unpaired) electrons. The Morgan fingerprint density at radius 3 is 2.50 bits per heavy atom. The summed E-state index contributed by atoms with van der Waals surface area (Å²) in [5, 5.41) is 4.22. The van der Waals surface area contributed by atoms with Crippen LogP contribution in [0.1, 0.15) is 45.7 Å². The second-order valence-corrected chi connectivity index (χ2v) is 5.63. The van der Waals surface area contributed by atoms with Gasteiger partial charge in [0.1, 0.15) is 5.75 Å². The average molecular weight is 270 g/mol. The lowest BCUT2D eigenvalue weighted by Crippen LogP contribution is -2.33. The zero-order valence-electron chi connectivity index (χ0n) is 12.0. The predicted octanol–water partition coefficient (Wildman–Crippen LogP) is 4.44. The number of halogens is 1. The van der Waals surface area contributed by atoms with E-state index in [0.29, 0.717) is 11.1 Å². The molecule has 1 rings (SSSR count). The zero-order valence-corrected chi connectivity index (χ0v) is 12.8. The third-order valence-electron chi connectivity index (χ3n) is 3.61. The van der Waals surface area contributed by atoms with E-state index in [4.69, 9.17) is 16.3 Å². The first-order valence-corrected chi connectivity index (χ1v) is 6.90. The van der Waals surface area contributed by atoms with Gasteiger partial charge in [-0.3, -0.25) is 0 Å². The number of hydrogen-bond acceptors (Lipinski definition) is 2. The number of methoxy groups -OCH3 is 1. The lowest BCUT2D eigenvalue weighted by molar-refractivity contribution is 0.237. The summed E-state index contributed by atoms with van der Waals surface area (Å²) in [4.78, 5) is 0. The second-order valence-electron chi connectivity index (χ2n) is 5.23. The molecule has 0 saturated carbocycles. The van der Waals surface area contributed by atoms with Crippen molar-refractivity contribution >= 4 is 11.6 Å². The van der Waals surface area contributed by atoms with Crippen molar-refractivity contribution in [2.24, 2.45) is 5.41 Å².